The molecule has 4 rings (SSSR count). The maximum atomic E-state index is 14.1. The van der Waals surface area contributed by atoms with Crippen molar-refractivity contribution in [3.05, 3.63) is 65.5 Å². The third kappa shape index (κ3) is 3.66. The molecule has 29 heavy (non-hydrogen) atoms. The Labute approximate surface area is 164 Å². The van der Waals surface area contributed by atoms with E-state index < -0.39 is 17.4 Å². The predicted octanol–water partition coefficient (Wildman–Crippen LogP) is 4.04. The molecule has 2 heterocycles. The summed E-state index contributed by atoms with van der Waals surface area (Å²) in [6, 6.07) is 7.65. The minimum absolute atomic E-state index is 0.154. The van der Waals surface area contributed by atoms with Crippen LogP contribution in [-0.2, 0) is 13.6 Å². The molecule has 0 atom stereocenters. The number of phenolic OH excluding ortho intramolecular Hbond substituents is 1. The maximum absolute atomic E-state index is 14.1. The van der Waals surface area contributed by atoms with Crippen molar-refractivity contribution >= 4 is 5.69 Å². The first-order valence-corrected chi connectivity index (χ1v) is 8.76. The van der Waals surface area contributed by atoms with Crippen LogP contribution in [0.25, 0.3) is 22.8 Å². The molecule has 0 aliphatic carbocycles. The number of hydrogen-bond donors (Lipinski definition) is 2. The van der Waals surface area contributed by atoms with Gasteiger partial charge < -0.3 is 14.9 Å². The number of rotatable bonds is 5. The fourth-order valence-corrected chi connectivity index (χ4v) is 2.87. The van der Waals surface area contributed by atoms with Gasteiger partial charge in [0.05, 0.1) is 11.8 Å². The number of aromatic hydroxyl groups is 1. The highest BCUT2D eigenvalue weighted by molar-refractivity contribution is 5.67. The van der Waals surface area contributed by atoms with Crippen LogP contribution in [0, 0.1) is 18.6 Å². The topological polar surface area (TPSA) is 89.0 Å². The zero-order valence-electron chi connectivity index (χ0n) is 15.6. The number of benzene rings is 2. The monoisotopic (exact) mass is 397 g/mol. The van der Waals surface area contributed by atoms with Crippen molar-refractivity contribution in [2.45, 2.75) is 13.5 Å². The van der Waals surface area contributed by atoms with E-state index in [1.54, 1.807) is 10.9 Å². The Hall–Kier alpha value is -3.75. The second-order valence-electron chi connectivity index (χ2n) is 6.59. The highest BCUT2D eigenvalue weighted by Crippen LogP contribution is 2.31. The molecule has 0 bridgehead atoms. The average molecular weight is 397 g/mol. The number of aromatic nitrogens is 4. The lowest BCUT2D eigenvalue weighted by Crippen LogP contribution is -2.00. The normalized spacial score (nSPS) is 11.0. The molecular formula is C20H17F2N5O2. The number of anilines is 1. The lowest BCUT2D eigenvalue weighted by molar-refractivity contribution is 0.392. The lowest BCUT2D eigenvalue weighted by atomic mass is 10.1. The fraction of sp³-hybridized carbons (Fsp3) is 0.150. The molecule has 0 spiro atoms. The van der Waals surface area contributed by atoms with E-state index in [0.29, 0.717) is 12.1 Å². The molecule has 2 N–H and O–H groups in total. The van der Waals surface area contributed by atoms with Crippen LogP contribution in [0.15, 0.2) is 47.2 Å². The lowest BCUT2D eigenvalue weighted by Gasteiger charge is -2.09. The van der Waals surface area contributed by atoms with Crippen molar-refractivity contribution in [3.63, 3.8) is 0 Å². The summed E-state index contributed by atoms with van der Waals surface area (Å²) in [7, 11) is 1.85. The molecule has 148 valence electrons. The van der Waals surface area contributed by atoms with Crippen LogP contribution in [0.2, 0.25) is 0 Å². The molecule has 0 aliphatic heterocycles. The van der Waals surface area contributed by atoms with Gasteiger partial charge in [-0.05, 0) is 30.7 Å². The van der Waals surface area contributed by atoms with Gasteiger partial charge in [0.1, 0.15) is 0 Å². The van der Waals surface area contributed by atoms with E-state index in [1.807, 2.05) is 38.4 Å². The van der Waals surface area contributed by atoms with Crippen molar-refractivity contribution in [1.29, 1.82) is 0 Å². The van der Waals surface area contributed by atoms with Gasteiger partial charge in [0.15, 0.2) is 17.4 Å². The number of hydrogen-bond acceptors (Lipinski definition) is 6. The van der Waals surface area contributed by atoms with E-state index in [1.165, 1.54) is 0 Å². The molecule has 2 aromatic heterocycles. The van der Waals surface area contributed by atoms with Crippen LogP contribution in [0.3, 0.4) is 0 Å². The average Bonchev–Trinajstić information content (AvgIpc) is 3.35. The van der Waals surface area contributed by atoms with Crippen LogP contribution < -0.4 is 5.32 Å². The van der Waals surface area contributed by atoms with Gasteiger partial charge in [-0.25, -0.2) is 8.78 Å². The van der Waals surface area contributed by atoms with Crippen LogP contribution in [0.4, 0.5) is 14.5 Å². The molecule has 0 amide bonds. The Morgan fingerprint density at radius 2 is 2.03 bits per heavy atom. The summed E-state index contributed by atoms with van der Waals surface area (Å²) in [4.78, 5) is 4.18. The third-order valence-corrected chi connectivity index (χ3v) is 4.46. The van der Waals surface area contributed by atoms with Gasteiger partial charge in [0.2, 0.25) is 5.82 Å². The van der Waals surface area contributed by atoms with E-state index in [4.69, 9.17) is 4.52 Å². The smallest absolute Gasteiger partial charge is 0.261 e. The highest BCUT2D eigenvalue weighted by atomic mass is 19.1. The van der Waals surface area contributed by atoms with Crippen molar-refractivity contribution < 1.29 is 18.4 Å². The van der Waals surface area contributed by atoms with Crippen molar-refractivity contribution in [1.82, 2.24) is 19.9 Å². The SMILES string of the molecule is Cc1ccc(-c2noc(-c3ccc(F)c(O)c3F)n2)cc1NCc1cnn(C)c1. The van der Waals surface area contributed by atoms with E-state index in [2.05, 4.69) is 20.6 Å². The van der Waals surface area contributed by atoms with Gasteiger partial charge >= 0.3 is 0 Å². The molecule has 0 fully saturated rings. The van der Waals surface area contributed by atoms with Gasteiger partial charge in [-0.3, -0.25) is 4.68 Å². The molecule has 0 aliphatic rings. The van der Waals surface area contributed by atoms with Crippen LogP contribution in [-0.4, -0.2) is 25.0 Å². The fourth-order valence-electron chi connectivity index (χ4n) is 2.87. The summed E-state index contributed by atoms with van der Waals surface area (Å²) in [5, 5.41) is 20.8. The number of nitrogens with zero attached hydrogens (tertiary/aromatic N) is 4. The van der Waals surface area contributed by atoms with Crippen molar-refractivity contribution in [2.75, 3.05) is 5.32 Å². The zero-order valence-corrected chi connectivity index (χ0v) is 15.6. The van der Waals surface area contributed by atoms with Gasteiger partial charge in [0, 0.05) is 36.6 Å². The Morgan fingerprint density at radius 3 is 2.79 bits per heavy atom. The second kappa shape index (κ2) is 7.34. The van der Waals surface area contributed by atoms with Crippen LogP contribution >= 0.6 is 0 Å². The Morgan fingerprint density at radius 1 is 1.21 bits per heavy atom. The van der Waals surface area contributed by atoms with Gasteiger partial charge in [-0.1, -0.05) is 17.3 Å². The number of nitrogens with one attached hydrogen (secondary N) is 1. The first-order valence-electron chi connectivity index (χ1n) is 8.76. The van der Waals surface area contributed by atoms with E-state index in [9.17, 15) is 13.9 Å². The first-order chi connectivity index (χ1) is 13.9. The minimum atomic E-state index is -1.15. The summed E-state index contributed by atoms with van der Waals surface area (Å²) < 4.78 is 34.2. The largest absolute Gasteiger partial charge is 0.503 e. The molecule has 9 heteroatoms. The minimum Gasteiger partial charge on any atom is -0.503 e. The molecule has 7 nitrogen and oxygen atoms in total. The number of phenols is 1. The van der Waals surface area contributed by atoms with Gasteiger partial charge in [-0.15, -0.1) is 0 Å². The van der Waals surface area contributed by atoms with E-state index in [0.717, 1.165) is 28.9 Å². The summed E-state index contributed by atoms with van der Waals surface area (Å²) in [6.07, 6.45) is 3.70. The van der Waals surface area contributed by atoms with Crippen LogP contribution in [0.5, 0.6) is 5.75 Å². The molecule has 0 saturated heterocycles. The van der Waals surface area contributed by atoms with E-state index in [-0.39, 0.29) is 17.3 Å². The Balaban J connectivity index is 1.60. The maximum Gasteiger partial charge on any atom is 0.261 e. The van der Waals surface area contributed by atoms with Gasteiger partial charge in [0.25, 0.3) is 5.89 Å². The summed E-state index contributed by atoms with van der Waals surface area (Å²) in [6.45, 7) is 2.56. The quantitative estimate of drug-likeness (QED) is 0.528. The Kier molecular flexibility index (Phi) is 4.71. The molecule has 2 aromatic carbocycles. The highest BCUT2D eigenvalue weighted by Gasteiger charge is 2.19. The summed E-state index contributed by atoms with van der Waals surface area (Å²) in [5.41, 5.74) is 3.42. The van der Waals surface area contributed by atoms with E-state index >= 15 is 0 Å². The summed E-state index contributed by atoms with van der Waals surface area (Å²) in [5.74, 6) is -3.21. The number of aryl methyl sites for hydroxylation is 2. The number of halogens is 2. The summed E-state index contributed by atoms with van der Waals surface area (Å²) >= 11 is 0. The first kappa shape index (κ1) is 18.6. The van der Waals surface area contributed by atoms with Crippen molar-refractivity contribution in [3.8, 4) is 28.6 Å². The predicted molar refractivity (Wildman–Crippen MR) is 102 cm³/mol. The third-order valence-electron chi connectivity index (χ3n) is 4.46. The molecular weight excluding hydrogens is 380 g/mol. The molecule has 0 unspecified atom stereocenters. The van der Waals surface area contributed by atoms with Crippen LogP contribution in [0.1, 0.15) is 11.1 Å². The zero-order chi connectivity index (χ0) is 20.5. The van der Waals surface area contributed by atoms with Gasteiger partial charge in [-0.2, -0.15) is 10.1 Å². The molecule has 0 saturated carbocycles. The standard InChI is InChI=1S/C20H17F2N5O2/c1-11-3-4-13(7-16(11)23-8-12-9-24-27(2)10-12)19-25-20(29-26-19)14-5-6-15(21)18(28)17(14)22/h3-7,9-10,23,28H,8H2,1-2H3. The van der Waals surface area contributed by atoms with Crippen molar-refractivity contribution in [2.24, 2.45) is 7.05 Å². The molecule has 4 aromatic rings. The molecule has 0 radical (unpaired) electrons. The Bertz CT molecular complexity index is 1190. The second-order valence-corrected chi connectivity index (χ2v) is 6.59.